The third-order valence-corrected chi connectivity index (χ3v) is 4.44. The standard InChI is InChI=1S/C18H22N4O2/c19-9-14-1-3-17(4-2-14)24-12-16(23)11-22-7-5-15(6-8-22)18-10-20-13-21-18/h1-4,10,13,15-16,23H,5-8,11-12H2,(H,20,21). The summed E-state index contributed by atoms with van der Waals surface area (Å²) >= 11 is 0. The summed E-state index contributed by atoms with van der Waals surface area (Å²) in [5.41, 5.74) is 1.81. The molecule has 1 aromatic heterocycles. The van der Waals surface area contributed by atoms with Gasteiger partial charge < -0.3 is 19.7 Å². The monoisotopic (exact) mass is 326 g/mol. The zero-order valence-corrected chi connectivity index (χ0v) is 13.6. The minimum Gasteiger partial charge on any atom is -0.491 e. The molecule has 1 unspecified atom stereocenters. The van der Waals surface area contributed by atoms with Crippen molar-refractivity contribution in [3.63, 3.8) is 0 Å². The van der Waals surface area contributed by atoms with Crippen molar-refractivity contribution in [2.75, 3.05) is 26.2 Å². The Morgan fingerprint density at radius 3 is 2.71 bits per heavy atom. The number of imidazole rings is 1. The molecular weight excluding hydrogens is 304 g/mol. The Labute approximate surface area is 141 Å². The van der Waals surface area contributed by atoms with Gasteiger partial charge in [0, 0.05) is 24.4 Å². The van der Waals surface area contributed by atoms with Gasteiger partial charge in [0.25, 0.3) is 0 Å². The Bertz CT molecular complexity index is 655. The highest BCUT2D eigenvalue weighted by Gasteiger charge is 2.23. The normalized spacial score (nSPS) is 17.3. The lowest BCUT2D eigenvalue weighted by Crippen LogP contribution is -2.40. The lowest BCUT2D eigenvalue weighted by molar-refractivity contribution is 0.0593. The first kappa shape index (κ1) is 16.5. The molecule has 1 aliphatic heterocycles. The molecule has 24 heavy (non-hydrogen) atoms. The van der Waals surface area contributed by atoms with Crippen LogP contribution in [0.4, 0.5) is 0 Å². The van der Waals surface area contributed by atoms with Crippen LogP contribution >= 0.6 is 0 Å². The van der Waals surface area contributed by atoms with Gasteiger partial charge in [-0.2, -0.15) is 5.26 Å². The summed E-state index contributed by atoms with van der Waals surface area (Å²) in [5, 5.41) is 18.9. The van der Waals surface area contributed by atoms with E-state index >= 15 is 0 Å². The number of rotatable bonds is 6. The number of ether oxygens (including phenoxy) is 1. The number of aliphatic hydroxyl groups is 1. The summed E-state index contributed by atoms with van der Waals surface area (Å²) in [6.07, 6.45) is 5.26. The molecule has 6 nitrogen and oxygen atoms in total. The van der Waals surface area contributed by atoms with E-state index in [0.717, 1.165) is 25.9 Å². The summed E-state index contributed by atoms with van der Waals surface area (Å²) < 4.78 is 5.59. The Morgan fingerprint density at radius 1 is 1.33 bits per heavy atom. The van der Waals surface area contributed by atoms with Crippen LogP contribution in [0.15, 0.2) is 36.8 Å². The van der Waals surface area contributed by atoms with Crippen LogP contribution in [0, 0.1) is 11.3 Å². The van der Waals surface area contributed by atoms with Gasteiger partial charge in [-0.1, -0.05) is 0 Å². The number of benzene rings is 1. The Balaban J connectivity index is 1.39. The number of hydrogen-bond donors (Lipinski definition) is 2. The van der Waals surface area contributed by atoms with Gasteiger partial charge in [-0.05, 0) is 50.2 Å². The topological polar surface area (TPSA) is 85.2 Å². The van der Waals surface area contributed by atoms with Crippen molar-refractivity contribution in [2.45, 2.75) is 24.9 Å². The zero-order valence-electron chi connectivity index (χ0n) is 13.6. The molecule has 2 aromatic rings. The lowest BCUT2D eigenvalue weighted by atomic mass is 9.94. The van der Waals surface area contributed by atoms with Crippen molar-refractivity contribution in [1.29, 1.82) is 5.26 Å². The third kappa shape index (κ3) is 4.34. The summed E-state index contributed by atoms with van der Waals surface area (Å²) in [4.78, 5) is 9.55. The van der Waals surface area contributed by atoms with Crippen LogP contribution in [0.2, 0.25) is 0 Å². The van der Waals surface area contributed by atoms with E-state index in [4.69, 9.17) is 10.00 Å². The van der Waals surface area contributed by atoms with Crippen molar-refractivity contribution in [2.24, 2.45) is 0 Å². The first-order valence-corrected chi connectivity index (χ1v) is 8.26. The van der Waals surface area contributed by atoms with Crippen molar-refractivity contribution in [1.82, 2.24) is 14.9 Å². The molecule has 0 saturated carbocycles. The number of nitrogens with zero attached hydrogens (tertiary/aromatic N) is 3. The molecule has 1 saturated heterocycles. The first-order chi connectivity index (χ1) is 11.7. The average molecular weight is 326 g/mol. The molecule has 2 N–H and O–H groups in total. The fourth-order valence-corrected chi connectivity index (χ4v) is 3.09. The van der Waals surface area contributed by atoms with E-state index in [0.29, 0.717) is 23.8 Å². The van der Waals surface area contributed by atoms with Crippen LogP contribution in [0.1, 0.15) is 30.0 Å². The maximum atomic E-state index is 10.2. The molecule has 6 heteroatoms. The summed E-state index contributed by atoms with van der Waals surface area (Å²) in [6, 6.07) is 8.99. The maximum absolute atomic E-state index is 10.2. The number of piperidine rings is 1. The highest BCUT2D eigenvalue weighted by Crippen LogP contribution is 2.26. The van der Waals surface area contributed by atoms with Crippen LogP contribution in [0.5, 0.6) is 5.75 Å². The maximum Gasteiger partial charge on any atom is 0.119 e. The molecule has 0 radical (unpaired) electrons. The van der Waals surface area contributed by atoms with Gasteiger partial charge >= 0.3 is 0 Å². The number of hydrogen-bond acceptors (Lipinski definition) is 5. The Morgan fingerprint density at radius 2 is 2.08 bits per heavy atom. The van der Waals surface area contributed by atoms with E-state index < -0.39 is 6.10 Å². The van der Waals surface area contributed by atoms with E-state index in [1.165, 1.54) is 5.69 Å². The van der Waals surface area contributed by atoms with Crippen LogP contribution < -0.4 is 4.74 Å². The highest BCUT2D eigenvalue weighted by molar-refractivity contribution is 5.34. The molecule has 1 atom stereocenters. The number of nitriles is 1. The van der Waals surface area contributed by atoms with E-state index in [-0.39, 0.29) is 6.61 Å². The molecule has 0 aliphatic carbocycles. The number of aromatic amines is 1. The molecule has 1 aromatic carbocycles. The van der Waals surface area contributed by atoms with Crippen molar-refractivity contribution in [3.05, 3.63) is 48.0 Å². The van der Waals surface area contributed by atoms with Gasteiger partial charge in [0.15, 0.2) is 0 Å². The smallest absolute Gasteiger partial charge is 0.119 e. The molecule has 3 rings (SSSR count). The summed E-state index contributed by atoms with van der Waals surface area (Å²) in [7, 11) is 0. The summed E-state index contributed by atoms with van der Waals surface area (Å²) in [5.74, 6) is 1.21. The van der Waals surface area contributed by atoms with Gasteiger partial charge in [0.2, 0.25) is 0 Å². The second kappa shape index (κ2) is 7.95. The average Bonchev–Trinajstić information content (AvgIpc) is 3.16. The number of aromatic nitrogens is 2. The number of H-pyrrole nitrogens is 1. The van der Waals surface area contributed by atoms with Crippen LogP contribution in [0.25, 0.3) is 0 Å². The van der Waals surface area contributed by atoms with E-state index in [1.54, 1.807) is 30.6 Å². The first-order valence-electron chi connectivity index (χ1n) is 8.26. The molecule has 1 fully saturated rings. The largest absolute Gasteiger partial charge is 0.491 e. The Hall–Kier alpha value is -2.36. The van der Waals surface area contributed by atoms with Crippen molar-refractivity contribution in [3.8, 4) is 11.8 Å². The summed E-state index contributed by atoms with van der Waals surface area (Å²) in [6.45, 7) is 2.81. The van der Waals surface area contributed by atoms with Gasteiger partial charge in [0.1, 0.15) is 18.5 Å². The molecule has 1 aliphatic rings. The highest BCUT2D eigenvalue weighted by atomic mass is 16.5. The molecule has 0 amide bonds. The SMILES string of the molecule is N#Cc1ccc(OCC(O)CN2CCC(c3cnc[nH]3)CC2)cc1. The van der Waals surface area contributed by atoms with E-state index in [9.17, 15) is 5.11 Å². The predicted molar refractivity (Wildman–Crippen MR) is 89.7 cm³/mol. The number of aliphatic hydroxyl groups excluding tert-OH is 1. The minimum atomic E-state index is -0.524. The molecule has 2 heterocycles. The number of nitrogens with one attached hydrogen (secondary N) is 1. The molecule has 126 valence electrons. The second-order valence-corrected chi connectivity index (χ2v) is 6.18. The van der Waals surface area contributed by atoms with Gasteiger partial charge in [-0.3, -0.25) is 0 Å². The quantitative estimate of drug-likeness (QED) is 0.847. The van der Waals surface area contributed by atoms with Crippen LogP contribution in [0.3, 0.4) is 0 Å². The molecule has 0 spiro atoms. The molecular formula is C18H22N4O2. The van der Waals surface area contributed by atoms with Gasteiger partial charge in [-0.15, -0.1) is 0 Å². The van der Waals surface area contributed by atoms with Crippen molar-refractivity contribution >= 4 is 0 Å². The number of likely N-dealkylation sites (tertiary alicyclic amines) is 1. The van der Waals surface area contributed by atoms with Crippen molar-refractivity contribution < 1.29 is 9.84 Å². The van der Waals surface area contributed by atoms with Crippen LogP contribution in [-0.2, 0) is 0 Å². The molecule has 0 bridgehead atoms. The minimum absolute atomic E-state index is 0.256. The zero-order chi connectivity index (χ0) is 16.8. The van der Waals surface area contributed by atoms with E-state index in [2.05, 4.69) is 20.9 Å². The fraction of sp³-hybridized carbons (Fsp3) is 0.444. The predicted octanol–water partition coefficient (Wildman–Crippen LogP) is 1.90. The van der Waals surface area contributed by atoms with E-state index in [1.807, 2.05) is 6.20 Å². The fourth-order valence-electron chi connectivity index (χ4n) is 3.09. The third-order valence-electron chi connectivity index (χ3n) is 4.44. The number of β-amino-alcohol motifs (C(OH)–C–C–N with tert-alkyl or cyclic N) is 1. The van der Waals surface area contributed by atoms with Gasteiger partial charge in [0.05, 0.1) is 18.0 Å². The lowest BCUT2D eigenvalue weighted by Gasteiger charge is -2.32. The van der Waals surface area contributed by atoms with Crippen LogP contribution in [-0.4, -0.2) is 52.3 Å². The Kier molecular flexibility index (Phi) is 5.47. The second-order valence-electron chi connectivity index (χ2n) is 6.18. The van der Waals surface area contributed by atoms with Gasteiger partial charge in [-0.25, -0.2) is 4.98 Å².